The summed E-state index contributed by atoms with van der Waals surface area (Å²) in [6, 6.07) is 18.1. The molecule has 3 aromatic carbocycles. The van der Waals surface area contributed by atoms with Crippen LogP contribution in [0, 0.1) is 0 Å². The second-order valence-corrected chi connectivity index (χ2v) is 10.7. The van der Waals surface area contributed by atoms with E-state index in [1.54, 1.807) is 37.3 Å². The van der Waals surface area contributed by atoms with Crippen LogP contribution in [-0.2, 0) is 14.9 Å². The van der Waals surface area contributed by atoms with Gasteiger partial charge in [0.15, 0.2) is 5.75 Å². The van der Waals surface area contributed by atoms with Crippen molar-refractivity contribution in [3.8, 4) is 5.75 Å². The highest BCUT2D eigenvalue weighted by Crippen LogP contribution is 2.38. The Hall–Kier alpha value is -2.46. The van der Waals surface area contributed by atoms with Crippen molar-refractivity contribution in [2.24, 2.45) is 5.10 Å². The Labute approximate surface area is 212 Å². The Morgan fingerprint density at radius 2 is 1.61 bits per heavy atom. The molecule has 1 heterocycles. The van der Waals surface area contributed by atoms with Crippen molar-refractivity contribution in [2.75, 3.05) is 5.01 Å². The molecule has 0 unspecified atom stereocenters. The van der Waals surface area contributed by atoms with Crippen molar-refractivity contribution < 1.29 is 17.4 Å². The van der Waals surface area contributed by atoms with Crippen LogP contribution in [0.25, 0.3) is 6.08 Å². The third-order valence-electron chi connectivity index (χ3n) is 4.69. The standard InChI is InChI=1S/C23H15Br2ClN2O4S/c1-14-19(23(29)28(27-14)17-5-3-2-4-6-17)11-15-12-20(24)22(21(25)13-15)32-33(30,31)18-9-7-16(26)8-10-18/h2-13H,1H3/b19-11+. The van der Waals surface area contributed by atoms with Gasteiger partial charge in [0.1, 0.15) is 4.90 Å². The molecule has 0 saturated heterocycles. The molecule has 0 N–H and O–H groups in total. The number of halogens is 3. The highest BCUT2D eigenvalue weighted by molar-refractivity contribution is 9.11. The number of amides is 1. The van der Waals surface area contributed by atoms with E-state index in [2.05, 4.69) is 37.0 Å². The Morgan fingerprint density at radius 1 is 1.00 bits per heavy atom. The molecule has 4 rings (SSSR count). The lowest BCUT2D eigenvalue weighted by molar-refractivity contribution is -0.114. The molecule has 10 heteroatoms. The average molecular weight is 611 g/mol. The molecule has 0 radical (unpaired) electrons. The van der Waals surface area contributed by atoms with E-state index in [1.165, 1.54) is 29.3 Å². The molecule has 0 aromatic heterocycles. The number of rotatable bonds is 5. The predicted octanol–water partition coefficient (Wildman–Crippen LogP) is 6.44. The second kappa shape index (κ2) is 9.42. The highest BCUT2D eigenvalue weighted by atomic mass is 79.9. The summed E-state index contributed by atoms with van der Waals surface area (Å²) in [7, 11) is -4.08. The van der Waals surface area contributed by atoms with Gasteiger partial charge in [-0.2, -0.15) is 18.5 Å². The van der Waals surface area contributed by atoms with Gasteiger partial charge in [-0.3, -0.25) is 4.79 Å². The number of nitrogens with zero attached hydrogens (tertiary/aromatic N) is 2. The minimum Gasteiger partial charge on any atom is -0.377 e. The van der Waals surface area contributed by atoms with Crippen molar-refractivity contribution in [2.45, 2.75) is 11.8 Å². The molecule has 0 bridgehead atoms. The van der Waals surface area contributed by atoms with Gasteiger partial charge in [0.2, 0.25) is 0 Å². The molecular weight excluding hydrogens is 596 g/mol. The number of hydrogen-bond donors (Lipinski definition) is 0. The van der Waals surface area contributed by atoms with Gasteiger partial charge in [0.25, 0.3) is 5.91 Å². The summed E-state index contributed by atoms with van der Waals surface area (Å²) in [5, 5.41) is 6.13. The molecule has 168 valence electrons. The van der Waals surface area contributed by atoms with Gasteiger partial charge in [-0.05, 0) is 99.0 Å². The SMILES string of the molecule is CC1=NN(c2ccccc2)C(=O)/C1=C/c1cc(Br)c(OS(=O)(=O)c2ccc(Cl)cc2)c(Br)c1. The monoisotopic (exact) mass is 608 g/mol. The van der Waals surface area contributed by atoms with Gasteiger partial charge in [0, 0.05) is 5.02 Å². The lowest BCUT2D eigenvalue weighted by Crippen LogP contribution is -2.21. The van der Waals surface area contributed by atoms with E-state index in [-0.39, 0.29) is 16.6 Å². The van der Waals surface area contributed by atoms with Crippen LogP contribution in [0.1, 0.15) is 12.5 Å². The molecule has 1 aliphatic rings. The van der Waals surface area contributed by atoms with E-state index in [9.17, 15) is 13.2 Å². The number of benzene rings is 3. The molecule has 1 aliphatic heterocycles. The first-order valence-electron chi connectivity index (χ1n) is 9.51. The Balaban J connectivity index is 1.63. The molecule has 0 spiro atoms. The number of hydrazone groups is 1. The normalized spacial score (nSPS) is 15.2. The molecular formula is C23H15Br2ClN2O4S. The van der Waals surface area contributed by atoms with Crippen molar-refractivity contribution in [3.63, 3.8) is 0 Å². The zero-order valence-electron chi connectivity index (χ0n) is 17.0. The van der Waals surface area contributed by atoms with Crippen molar-refractivity contribution >= 4 is 77.0 Å². The van der Waals surface area contributed by atoms with E-state index in [0.717, 1.165) is 0 Å². The molecule has 0 fully saturated rings. The first-order chi connectivity index (χ1) is 15.7. The topological polar surface area (TPSA) is 76.0 Å². The summed E-state index contributed by atoms with van der Waals surface area (Å²) in [5.41, 5.74) is 2.32. The van der Waals surface area contributed by atoms with Crippen LogP contribution in [0.3, 0.4) is 0 Å². The number of hydrogen-bond acceptors (Lipinski definition) is 5. The first kappa shape index (κ1) is 23.7. The predicted molar refractivity (Wildman–Crippen MR) is 136 cm³/mol. The summed E-state index contributed by atoms with van der Waals surface area (Å²) >= 11 is 12.6. The van der Waals surface area contributed by atoms with Crippen molar-refractivity contribution in [1.29, 1.82) is 0 Å². The van der Waals surface area contributed by atoms with Gasteiger partial charge < -0.3 is 4.18 Å². The quantitative estimate of drug-likeness (QED) is 0.246. The van der Waals surface area contributed by atoms with Crippen LogP contribution in [0.4, 0.5) is 5.69 Å². The van der Waals surface area contributed by atoms with Crippen LogP contribution in [-0.4, -0.2) is 20.0 Å². The number of carbonyl (C=O) groups excluding carboxylic acids is 1. The molecule has 0 atom stereocenters. The maximum atomic E-state index is 12.9. The lowest BCUT2D eigenvalue weighted by atomic mass is 10.1. The van der Waals surface area contributed by atoms with Crippen molar-refractivity contribution in [3.05, 3.63) is 91.8 Å². The van der Waals surface area contributed by atoms with Gasteiger partial charge >= 0.3 is 10.1 Å². The summed E-state index contributed by atoms with van der Waals surface area (Å²) in [6.07, 6.45) is 1.69. The fourth-order valence-electron chi connectivity index (χ4n) is 3.10. The van der Waals surface area contributed by atoms with Crippen LogP contribution in [0.2, 0.25) is 5.02 Å². The average Bonchev–Trinajstić information content (AvgIpc) is 3.05. The molecule has 3 aromatic rings. The largest absolute Gasteiger partial charge is 0.377 e. The third-order valence-corrected chi connectivity index (χ3v) is 7.36. The Bertz CT molecular complexity index is 1380. The maximum Gasteiger partial charge on any atom is 0.339 e. The maximum absolute atomic E-state index is 12.9. The van der Waals surface area contributed by atoms with E-state index >= 15 is 0 Å². The van der Waals surface area contributed by atoms with E-state index in [4.69, 9.17) is 15.8 Å². The summed E-state index contributed by atoms with van der Waals surface area (Å²) in [6.45, 7) is 1.76. The van der Waals surface area contributed by atoms with Crippen LogP contribution >= 0.6 is 43.5 Å². The Kier molecular flexibility index (Phi) is 6.76. The fraction of sp³-hybridized carbons (Fsp3) is 0.0435. The lowest BCUT2D eigenvalue weighted by Gasteiger charge is -2.12. The summed E-state index contributed by atoms with van der Waals surface area (Å²) < 4.78 is 31.4. The zero-order valence-corrected chi connectivity index (χ0v) is 21.7. The number of anilines is 1. The Morgan fingerprint density at radius 3 is 2.21 bits per heavy atom. The van der Waals surface area contributed by atoms with Gasteiger partial charge in [-0.15, -0.1) is 0 Å². The molecule has 33 heavy (non-hydrogen) atoms. The minimum absolute atomic E-state index is 0.0266. The van der Waals surface area contributed by atoms with E-state index < -0.39 is 10.1 Å². The van der Waals surface area contributed by atoms with Gasteiger partial charge in [0.05, 0.1) is 25.9 Å². The van der Waals surface area contributed by atoms with Gasteiger partial charge in [-0.25, -0.2) is 0 Å². The number of para-hydroxylation sites is 1. The summed E-state index contributed by atoms with van der Waals surface area (Å²) in [4.78, 5) is 12.9. The number of carbonyl (C=O) groups is 1. The zero-order chi connectivity index (χ0) is 23.8. The molecule has 0 saturated carbocycles. The van der Waals surface area contributed by atoms with Crippen LogP contribution in [0.15, 0.2) is 91.2 Å². The van der Waals surface area contributed by atoms with Crippen molar-refractivity contribution in [1.82, 2.24) is 0 Å². The molecule has 0 aliphatic carbocycles. The smallest absolute Gasteiger partial charge is 0.339 e. The van der Waals surface area contributed by atoms with E-state index in [0.29, 0.717) is 36.5 Å². The minimum atomic E-state index is -4.08. The van der Waals surface area contributed by atoms with Crippen LogP contribution < -0.4 is 9.19 Å². The first-order valence-corrected chi connectivity index (χ1v) is 12.9. The third kappa shape index (κ3) is 5.06. The van der Waals surface area contributed by atoms with E-state index in [1.807, 2.05) is 18.2 Å². The van der Waals surface area contributed by atoms with Crippen LogP contribution in [0.5, 0.6) is 5.75 Å². The summed E-state index contributed by atoms with van der Waals surface area (Å²) in [5.74, 6) is -0.169. The van der Waals surface area contributed by atoms with Gasteiger partial charge in [-0.1, -0.05) is 29.8 Å². The second-order valence-electron chi connectivity index (χ2n) is 7.00. The molecule has 1 amide bonds. The molecule has 6 nitrogen and oxygen atoms in total. The fourth-order valence-corrected chi connectivity index (χ4v) is 5.79. The highest BCUT2D eigenvalue weighted by Gasteiger charge is 2.29.